The minimum atomic E-state index is 0.793. The molecule has 1 radical (unpaired) electrons. The van der Waals surface area contributed by atoms with Crippen molar-refractivity contribution in [1.82, 2.24) is 0 Å². The molecule has 1 aromatic carbocycles. The summed E-state index contributed by atoms with van der Waals surface area (Å²) in [6.07, 6.45) is 59.5. The van der Waals surface area contributed by atoms with E-state index < -0.39 is 0 Å². The molecule has 0 fully saturated rings. The van der Waals surface area contributed by atoms with Gasteiger partial charge in [0.05, 0.1) is 13.2 Å². The molecule has 323 valence electrons. The average molecular weight is 768 g/mol. The van der Waals surface area contributed by atoms with Gasteiger partial charge in [-0.1, -0.05) is 271 Å². The van der Waals surface area contributed by atoms with Gasteiger partial charge in [0.1, 0.15) is 11.5 Å². The fourth-order valence-electron chi connectivity index (χ4n) is 8.25. The highest BCUT2D eigenvalue weighted by Gasteiger charge is 2.03. The van der Waals surface area contributed by atoms with Crippen LogP contribution in [0.3, 0.4) is 0 Å². The molecule has 0 unspecified atom stereocenters. The zero-order valence-electron chi connectivity index (χ0n) is 37.9. The monoisotopic (exact) mass is 768 g/mol. The van der Waals surface area contributed by atoms with Gasteiger partial charge in [-0.2, -0.15) is 0 Å². The molecule has 55 heavy (non-hydrogen) atoms. The molecule has 1 aromatic rings. The fraction of sp³-hybridized carbons (Fsp3) is 0.868. The van der Waals surface area contributed by atoms with Crippen molar-refractivity contribution in [2.45, 2.75) is 284 Å². The fourth-order valence-corrected chi connectivity index (χ4v) is 8.25. The number of ether oxygens (including phenoxy) is 2. The van der Waals surface area contributed by atoms with E-state index in [0.717, 1.165) is 43.1 Å². The summed E-state index contributed by atoms with van der Waals surface area (Å²) < 4.78 is 12.2. The number of hydrogen-bond donors (Lipinski definition) is 0. The molecule has 0 saturated heterocycles. The van der Waals surface area contributed by atoms with Crippen LogP contribution in [-0.2, 0) is 0 Å². The van der Waals surface area contributed by atoms with Crippen LogP contribution in [0.2, 0.25) is 0 Å². The second kappa shape index (κ2) is 43.9. The molecule has 0 atom stereocenters. The number of rotatable bonds is 46. The van der Waals surface area contributed by atoms with Crippen LogP contribution in [-0.4, -0.2) is 13.2 Å². The van der Waals surface area contributed by atoms with Gasteiger partial charge in [0.2, 0.25) is 0 Å². The molecule has 0 N–H and O–H groups in total. The molecular formula is C53H99O2. The zero-order chi connectivity index (χ0) is 39.4. The molecule has 2 heteroatoms. The van der Waals surface area contributed by atoms with Crippen LogP contribution in [0.4, 0.5) is 0 Å². The molecule has 0 spiro atoms. The Morgan fingerprint density at radius 1 is 0.273 bits per heavy atom. The second-order valence-electron chi connectivity index (χ2n) is 17.7. The minimum Gasteiger partial charge on any atom is -0.493 e. The van der Waals surface area contributed by atoms with Crippen LogP contribution < -0.4 is 9.47 Å². The van der Waals surface area contributed by atoms with E-state index in [0.29, 0.717) is 0 Å². The van der Waals surface area contributed by atoms with E-state index in [9.17, 15) is 0 Å². The summed E-state index contributed by atoms with van der Waals surface area (Å²) in [4.78, 5) is 0. The maximum absolute atomic E-state index is 6.10. The lowest BCUT2D eigenvalue weighted by Crippen LogP contribution is -2.00. The lowest BCUT2D eigenvalue weighted by Gasteiger charge is -2.11. The van der Waals surface area contributed by atoms with Crippen LogP contribution in [0.5, 0.6) is 11.5 Å². The Bertz CT molecular complexity index is 798. The summed E-state index contributed by atoms with van der Waals surface area (Å²) in [5.74, 6) is 1.82. The van der Waals surface area contributed by atoms with Crippen molar-refractivity contribution in [3.63, 3.8) is 0 Å². The molecule has 0 saturated carbocycles. The molecule has 0 bridgehead atoms. The van der Waals surface area contributed by atoms with Gasteiger partial charge in [-0.15, -0.1) is 0 Å². The summed E-state index contributed by atoms with van der Waals surface area (Å²) >= 11 is 0. The molecule has 0 aliphatic heterocycles. The summed E-state index contributed by atoms with van der Waals surface area (Å²) in [5, 5.41) is 0. The Labute approximate surface area is 347 Å². The Morgan fingerprint density at radius 2 is 0.455 bits per heavy atom. The summed E-state index contributed by atoms with van der Waals surface area (Å²) in [6, 6.07) is 6.15. The number of unbranched alkanes of at least 4 members (excludes halogenated alkanes) is 40. The van der Waals surface area contributed by atoms with Crippen molar-refractivity contribution in [3.8, 4) is 11.5 Å². The first-order chi connectivity index (χ1) is 27.3. The zero-order valence-corrected chi connectivity index (χ0v) is 37.9. The van der Waals surface area contributed by atoms with Crippen LogP contribution in [0, 0.1) is 6.92 Å². The molecule has 0 amide bonds. The van der Waals surface area contributed by atoms with Crippen molar-refractivity contribution in [1.29, 1.82) is 0 Å². The third-order valence-corrected chi connectivity index (χ3v) is 12.0. The lowest BCUT2D eigenvalue weighted by atomic mass is 10.0. The van der Waals surface area contributed by atoms with Crippen LogP contribution >= 0.6 is 0 Å². The maximum Gasteiger partial charge on any atom is 0.123 e. The average Bonchev–Trinajstić information content (AvgIpc) is 3.18. The van der Waals surface area contributed by atoms with E-state index in [-0.39, 0.29) is 0 Å². The molecular weight excluding hydrogens is 669 g/mol. The normalized spacial score (nSPS) is 11.5. The number of benzene rings is 1. The van der Waals surface area contributed by atoms with E-state index in [1.807, 2.05) is 12.1 Å². The molecule has 0 aliphatic carbocycles. The summed E-state index contributed by atoms with van der Waals surface area (Å²) in [6.45, 7) is 10.4. The van der Waals surface area contributed by atoms with Gasteiger partial charge in [0.15, 0.2) is 0 Å². The highest BCUT2D eigenvalue weighted by molar-refractivity contribution is 5.39. The van der Waals surface area contributed by atoms with Gasteiger partial charge >= 0.3 is 0 Å². The molecule has 0 aromatic heterocycles. The van der Waals surface area contributed by atoms with Gasteiger partial charge in [0.25, 0.3) is 0 Å². The van der Waals surface area contributed by atoms with Crippen molar-refractivity contribution in [2.24, 2.45) is 0 Å². The van der Waals surface area contributed by atoms with Crippen molar-refractivity contribution < 1.29 is 9.47 Å². The highest BCUT2D eigenvalue weighted by atomic mass is 16.5. The molecule has 0 aliphatic rings. The second-order valence-corrected chi connectivity index (χ2v) is 17.7. The SMILES string of the molecule is [CH2]c1cc(OCCCCCCCCCCCCCCCCCCCCCCC)cc(OCCCCCCCCCCCCCCCCCCCCCCC)c1. The Hall–Kier alpha value is -1.18. The van der Waals surface area contributed by atoms with E-state index >= 15 is 0 Å². The lowest BCUT2D eigenvalue weighted by molar-refractivity contribution is 0.289. The smallest absolute Gasteiger partial charge is 0.123 e. The first-order valence-electron chi connectivity index (χ1n) is 25.5. The molecule has 2 nitrogen and oxygen atoms in total. The third-order valence-electron chi connectivity index (χ3n) is 12.0. The van der Waals surface area contributed by atoms with Crippen molar-refractivity contribution in [2.75, 3.05) is 13.2 Å². The largest absolute Gasteiger partial charge is 0.493 e. The predicted octanol–water partition coefficient (Wildman–Crippen LogP) is 19.1. The maximum atomic E-state index is 6.10. The van der Waals surface area contributed by atoms with Gasteiger partial charge in [0, 0.05) is 6.07 Å². The standard InChI is InChI=1S/C53H99O2/c1-4-6-8-10-12-14-16-18-20-22-24-26-28-30-32-34-36-38-40-42-44-46-54-52-48-51(3)49-53(50-52)55-47-45-43-41-39-37-35-33-31-29-27-25-23-21-19-17-15-13-11-9-7-5-2/h48-50H,3-47H2,1-2H3. The summed E-state index contributed by atoms with van der Waals surface area (Å²) in [7, 11) is 0. The van der Waals surface area contributed by atoms with Gasteiger partial charge in [-0.05, 0) is 37.5 Å². The Morgan fingerprint density at radius 3 is 0.655 bits per heavy atom. The predicted molar refractivity (Wildman–Crippen MR) is 247 cm³/mol. The van der Waals surface area contributed by atoms with E-state index in [4.69, 9.17) is 9.47 Å². The first-order valence-corrected chi connectivity index (χ1v) is 25.5. The Kier molecular flexibility index (Phi) is 41.4. The third kappa shape index (κ3) is 39.4. The minimum absolute atomic E-state index is 0.793. The first kappa shape index (κ1) is 51.8. The van der Waals surface area contributed by atoms with E-state index in [1.54, 1.807) is 0 Å². The highest BCUT2D eigenvalue weighted by Crippen LogP contribution is 2.24. The van der Waals surface area contributed by atoms with Gasteiger partial charge < -0.3 is 9.47 Å². The van der Waals surface area contributed by atoms with Crippen molar-refractivity contribution >= 4 is 0 Å². The van der Waals surface area contributed by atoms with Gasteiger partial charge in [-0.3, -0.25) is 0 Å². The topological polar surface area (TPSA) is 18.5 Å². The summed E-state index contributed by atoms with van der Waals surface area (Å²) in [5.41, 5.74) is 0.977. The molecule has 0 heterocycles. The van der Waals surface area contributed by atoms with E-state index in [2.05, 4.69) is 26.8 Å². The van der Waals surface area contributed by atoms with Crippen LogP contribution in [0.25, 0.3) is 0 Å². The Balaban J connectivity index is 1.83. The van der Waals surface area contributed by atoms with Crippen molar-refractivity contribution in [3.05, 3.63) is 30.7 Å². The molecule has 1 rings (SSSR count). The quantitative estimate of drug-likeness (QED) is 0.0615. The van der Waals surface area contributed by atoms with E-state index in [1.165, 1.54) is 257 Å². The van der Waals surface area contributed by atoms with Crippen LogP contribution in [0.1, 0.15) is 289 Å². The van der Waals surface area contributed by atoms with Gasteiger partial charge in [-0.25, -0.2) is 0 Å². The number of hydrogen-bond acceptors (Lipinski definition) is 2. The van der Waals surface area contributed by atoms with Crippen LogP contribution in [0.15, 0.2) is 18.2 Å².